The monoisotopic (exact) mass is 287 g/mol. The van der Waals surface area contributed by atoms with Crippen LogP contribution in [0.25, 0.3) is 11.5 Å². The number of carbonyl (C=O) groups is 1. The maximum absolute atomic E-state index is 11.3. The van der Waals surface area contributed by atoms with Crippen LogP contribution in [0.2, 0.25) is 0 Å². The molecule has 0 aliphatic carbocycles. The normalized spacial score (nSPS) is 19.5. The van der Waals surface area contributed by atoms with Crippen LogP contribution < -0.4 is 0 Å². The second-order valence-corrected chi connectivity index (χ2v) is 5.19. The molecule has 1 aromatic heterocycles. The van der Waals surface area contributed by atoms with Gasteiger partial charge >= 0.3 is 5.97 Å². The lowest BCUT2D eigenvalue weighted by atomic mass is 10.0. The molecule has 0 saturated carbocycles. The van der Waals surface area contributed by atoms with Crippen LogP contribution in [0.15, 0.2) is 34.7 Å². The average Bonchev–Trinajstić information content (AvgIpc) is 2.97. The fraction of sp³-hybridized carbons (Fsp3) is 0.400. The van der Waals surface area contributed by atoms with Crippen molar-refractivity contribution in [1.29, 1.82) is 0 Å². The molecule has 1 aliphatic rings. The summed E-state index contributed by atoms with van der Waals surface area (Å²) in [4.78, 5) is 13.2. The maximum atomic E-state index is 11.3. The molecule has 6 nitrogen and oxygen atoms in total. The van der Waals surface area contributed by atoms with Gasteiger partial charge in [0, 0.05) is 5.56 Å². The minimum atomic E-state index is -0.780. The lowest BCUT2D eigenvalue weighted by molar-refractivity contribution is -0.145. The third-order valence-corrected chi connectivity index (χ3v) is 3.72. The van der Waals surface area contributed by atoms with E-state index >= 15 is 0 Å². The molecule has 0 amide bonds. The molecule has 1 atom stereocenters. The molecule has 0 spiro atoms. The van der Waals surface area contributed by atoms with Gasteiger partial charge in [0.1, 0.15) is 6.04 Å². The van der Waals surface area contributed by atoms with Crippen LogP contribution in [0.1, 0.15) is 25.2 Å². The summed E-state index contributed by atoms with van der Waals surface area (Å²) in [6.07, 6.45) is 2.63. The summed E-state index contributed by atoms with van der Waals surface area (Å²) in [6.45, 7) is 1.14. The first kappa shape index (κ1) is 13.8. The van der Waals surface area contributed by atoms with Crippen molar-refractivity contribution in [2.75, 3.05) is 6.54 Å². The Morgan fingerprint density at radius 3 is 2.86 bits per heavy atom. The molecule has 110 valence electrons. The Balaban J connectivity index is 1.73. The molecule has 1 aromatic carbocycles. The Morgan fingerprint density at radius 2 is 2.10 bits per heavy atom. The van der Waals surface area contributed by atoms with E-state index in [9.17, 15) is 9.90 Å². The number of nitrogens with zero attached hydrogens (tertiary/aromatic N) is 3. The Labute approximate surface area is 122 Å². The van der Waals surface area contributed by atoms with Crippen LogP contribution in [0, 0.1) is 0 Å². The summed E-state index contributed by atoms with van der Waals surface area (Å²) in [7, 11) is 0. The molecule has 2 aromatic rings. The zero-order valence-corrected chi connectivity index (χ0v) is 11.6. The van der Waals surface area contributed by atoms with Crippen molar-refractivity contribution in [3.05, 3.63) is 36.2 Å². The van der Waals surface area contributed by atoms with E-state index in [1.807, 2.05) is 35.2 Å². The summed E-state index contributed by atoms with van der Waals surface area (Å²) in [6, 6.07) is 9.09. The second kappa shape index (κ2) is 6.05. The second-order valence-electron chi connectivity index (χ2n) is 5.19. The van der Waals surface area contributed by atoms with Gasteiger partial charge in [-0.1, -0.05) is 24.6 Å². The molecule has 1 aliphatic heterocycles. The van der Waals surface area contributed by atoms with Gasteiger partial charge in [-0.15, -0.1) is 10.2 Å². The number of carboxylic acids is 1. The van der Waals surface area contributed by atoms with Crippen molar-refractivity contribution in [2.45, 2.75) is 31.8 Å². The number of carboxylic acid groups (broad SMARTS) is 1. The number of aromatic nitrogens is 2. The molecule has 0 radical (unpaired) electrons. The highest BCUT2D eigenvalue weighted by atomic mass is 16.4. The molecular weight excluding hydrogens is 270 g/mol. The van der Waals surface area contributed by atoms with E-state index in [2.05, 4.69) is 10.2 Å². The Kier molecular flexibility index (Phi) is 3.96. The van der Waals surface area contributed by atoms with E-state index in [1.54, 1.807) is 0 Å². The molecule has 6 heteroatoms. The lowest BCUT2D eigenvalue weighted by Gasteiger charge is -2.31. The topological polar surface area (TPSA) is 79.5 Å². The average molecular weight is 287 g/mol. The summed E-state index contributed by atoms with van der Waals surface area (Å²) < 4.78 is 5.64. The number of benzene rings is 1. The molecule has 1 unspecified atom stereocenters. The van der Waals surface area contributed by atoms with Crippen molar-refractivity contribution < 1.29 is 14.3 Å². The van der Waals surface area contributed by atoms with Gasteiger partial charge in [-0.25, -0.2) is 0 Å². The van der Waals surface area contributed by atoms with Gasteiger partial charge in [-0.3, -0.25) is 9.69 Å². The minimum Gasteiger partial charge on any atom is -0.480 e. The smallest absolute Gasteiger partial charge is 0.320 e. The van der Waals surface area contributed by atoms with Gasteiger partial charge in [-0.05, 0) is 31.5 Å². The standard InChI is InChI=1S/C15H17N3O3/c19-15(20)12-8-4-5-9-18(12)10-13-16-17-14(21-13)11-6-2-1-3-7-11/h1-3,6-7,12H,4-5,8-10H2,(H,19,20). The van der Waals surface area contributed by atoms with Crippen molar-refractivity contribution in [1.82, 2.24) is 15.1 Å². The molecule has 21 heavy (non-hydrogen) atoms. The van der Waals surface area contributed by atoms with Gasteiger partial charge in [0.05, 0.1) is 6.54 Å². The summed E-state index contributed by atoms with van der Waals surface area (Å²) in [5.74, 6) is 0.147. The van der Waals surface area contributed by atoms with Gasteiger partial charge in [0.2, 0.25) is 11.8 Å². The molecule has 3 rings (SSSR count). The predicted octanol–water partition coefficient (Wildman–Crippen LogP) is 2.18. The SMILES string of the molecule is O=C(O)C1CCCCN1Cc1nnc(-c2ccccc2)o1. The van der Waals surface area contributed by atoms with Crippen LogP contribution in [-0.2, 0) is 11.3 Å². The number of likely N-dealkylation sites (tertiary alicyclic amines) is 1. The Morgan fingerprint density at radius 1 is 1.29 bits per heavy atom. The number of piperidine rings is 1. The molecule has 1 saturated heterocycles. The highest BCUT2D eigenvalue weighted by Crippen LogP contribution is 2.22. The molecule has 0 bridgehead atoms. The zero-order valence-electron chi connectivity index (χ0n) is 11.6. The highest BCUT2D eigenvalue weighted by molar-refractivity contribution is 5.73. The van der Waals surface area contributed by atoms with E-state index in [4.69, 9.17) is 4.42 Å². The van der Waals surface area contributed by atoms with Gasteiger partial charge in [0.25, 0.3) is 0 Å². The lowest BCUT2D eigenvalue weighted by Crippen LogP contribution is -2.44. The first-order chi connectivity index (χ1) is 10.2. The fourth-order valence-electron chi connectivity index (χ4n) is 2.65. The predicted molar refractivity (Wildman–Crippen MR) is 75.4 cm³/mol. The first-order valence-electron chi connectivity index (χ1n) is 7.09. The first-order valence-corrected chi connectivity index (χ1v) is 7.09. The van der Waals surface area contributed by atoms with E-state index in [0.717, 1.165) is 24.9 Å². The number of hydrogen-bond acceptors (Lipinski definition) is 5. The molecule has 2 heterocycles. The van der Waals surface area contributed by atoms with Crippen LogP contribution in [0.4, 0.5) is 0 Å². The number of aliphatic carboxylic acids is 1. The van der Waals surface area contributed by atoms with Crippen LogP contribution in [-0.4, -0.2) is 38.8 Å². The van der Waals surface area contributed by atoms with E-state index < -0.39 is 12.0 Å². The summed E-state index contributed by atoms with van der Waals surface area (Å²) in [5, 5.41) is 17.3. The van der Waals surface area contributed by atoms with Crippen LogP contribution >= 0.6 is 0 Å². The Hall–Kier alpha value is -2.21. The maximum Gasteiger partial charge on any atom is 0.320 e. The largest absolute Gasteiger partial charge is 0.480 e. The van der Waals surface area contributed by atoms with E-state index in [-0.39, 0.29) is 0 Å². The van der Waals surface area contributed by atoms with Gasteiger partial charge in [-0.2, -0.15) is 0 Å². The fourth-order valence-corrected chi connectivity index (χ4v) is 2.65. The van der Waals surface area contributed by atoms with Crippen molar-refractivity contribution in [3.63, 3.8) is 0 Å². The highest BCUT2D eigenvalue weighted by Gasteiger charge is 2.29. The summed E-state index contributed by atoms with van der Waals surface area (Å²) in [5.41, 5.74) is 0.865. The third kappa shape index (κ3) is 3.11. The van der Waals surface area contributed by atoms with Gasteiger partial charge < -0.3 is 9.52 Å². The van der Waals surface area contributed by atoms with Crippen molar-refractivity contribution >= 4 is 5.97 Å². The van der Waals surface area contributed by atoms with E-state index in [0.29, 0.717) is 24.7 Å². The molecule has 1 fully saturated rings. The van der Waals surface area contributed by atoms with Crippen LogP contribution in [0.5, 0.6) is 0 Å². The van der Waals surface area contributed by atoms with Crippen molar-refractivity contribution in [2.24, 2.45) is 0 Å². The van der Waals surface area contributed by atoms with Gasteiger partial charge in [0.15, 0.2) is 0 Å². The van der Waals surface area contributed by atoms with E-state index in [1.165, 1.54) is 0 Å². The summed E-state index contributed by atoms with van der Waals surface area (Å²) >= 11 is 0. The minimum absolute atomic E-state index is 0.386. The van der Waals surface area contributed by atoms with Crippen LogP contribution in [0.3, 0.4) is 0 Å². The quantitative estimate of drug-likeness (QED) is 0.928. The van der Waals surface area contributed by atoms with Crippen molar-refractivity contribution in [3.8, 4) is 11.5 Å². The molecule has 1 N–H and O–H groups in total. The molecular formula is C15H17N3O3. The number of rotatable bonds is 4. The number of hydrogen-bond donors (Lipinski definition) is 1. The Bertz CT molecular complexity index is 612. The zero-order chi connectivity index (χ0) is 14.7. The third-order valence-electron chi connectivity index (χ3n) is 3.72.